The normalized spacial score (nSPS) is 21.8. The molecule has 8 nitrogen and oxygen atoms in total. The second kappa shape index (κ2) is 6.86. The van der Waals surface area contributed by atoms with Gasteiger partial charge in [0.05, 0.1) is 6.07 Å². The number of carbonyl (C=O) groups excluding carboxylic acids is 2. The zero-order chi connectivity index (χ0) is 19.0. The maximum atomic E-state index is 12.7. The minimum Gasteiger partial charge on any atom is -0.395 e. The number of benzene rings is 1. The van der Waals surface area contributed by atoms with Gasteiger partial charge in [-0.3, -0.25) is 19.7 Å². The number of nitro groups is 1. The molecule has 2 aliphatic rings. The van der Waals surface area contributed by atoms with Crippen molar-refractivity contribution >= 4 is 17.7 Å². The van der Waals surface area contributed by atoms with E-state index >= 15 is 0 Å². The van der Waals surface area contributed by atoms with Crippen molar-refractivity contribution in [2.24, 2.45) is 5.92 Å². The molecule has 2 heterocycles. The van der Waals surface area contributed by atoms with Crippen LogP contribution in [0.15, 0.2) is 46.9 Å². The van der Waals surface area contributed by atoms with Gasteiger partial charge in [-0.15, -0.1) is 0 Å². The summed E-state index contributed by atoms with van der Waals surface area (Å²) >= 11 is 0. The summed E-state index contributed by atoms with van der Waals surface area (Å²) in [6.45, 7) is 1.71. The first-order chi connectivity index (χ1) is 13.0. The molecule has 0 bridgehead atoms. The predicted octanol–water partition coefficient (Wildman–Crippen LogP) is 2.28. The van der Waals surface area contributed by atoms with Crippen molar-refractivity contribution < 1.29 is 18.9 Å². The first kappa shape index (κ1) is 17.3. The Labute approximate surface area is 155 Å². The number of amides is 2. The van der Waals surface area contributed by atoms with Crippen molar-refractivity contribution in [3.63, 3.8) is 0 Å². The van der Waals surface area contributed by atoms with E-state index in [1.165, 1.54) is 17.7 Å². The van der Waals surface area contributed by atoms with E-state index in [0.29, 0.717) is 32.1 Å². The van der Waals surface area contributed by atoms with Crippen LogP contribution < -0.4 is 0 Å². The van der Waals surface area contributed by atoms with Crippen LogP contribution in [0, 0.1) is 16.0 Å². The summed E-state index contributed by atoms with van der Waals surface area (Å²) in [6.07, 6.45) is 0.873. The molecule has 2 aromatic rings. The molecule has 27 heavy (non-hydrogen) atoms. The van der Waals surface area contributed by atoms with Gasteiger partial charge in [0.25, 0.3) is 5.91 Å². The maximum absolute atomic E-state index is 12.7. The molecule has 4 rings (SSSR count). The van der Waals surface area contributed by atoms with Crippen molar-refractivity contribution in [3.05, 3.63) is 63.9 Å². The first-order valence-corrected chi connectivity index (χ1v) is 8.92. The van der Waals surface area contributed by atoms with Crippen molar-refractivity contribution in [1.82, 2.24) is 9.80 Å². The van der Waals surface area contributed by atoms with Crippen molar-refractivity contribution in [3.8, 4) is 0 Å². The third-order valence-electron chi connectivity index (χ3n) is 5.20. The number of rotatable bonds is 4. The zero-order valence-electron chi connectivity index (χ0n) is 14.6. The van der Waals surface area contributed by atoms with Gasteiger partial charge < -0.3 is 14.2 Å². The van der Waals surface area contributed by atoms with E-state index < -0.39 is 10.8 Å². The summed E-state index contributed by atoms with van der Waals surface area (Å²) in [5, 5.41) is 10.7. The van der Waals surface area contributed by atoms with Gasteiger partial charge in [-0.2, -0.15) is 0 Å². The van der Waals surface area contributed by atoms with E-state index in [1.807, 2.05) is 23.1 Å². The fourth-order valence-corrected chi connectivity index (χ4v) is 3.60. The lowest BCUT2D eigenvalue weighted by Gasteiger charge is -2.34. The molecule has 2 fully saturated rings. The molecule has 2 atom stereocenters. The lowest BCUT2D eigenvalue weighted by atomic mass is 10.1. The van der Waals surface area contributed by atoms with Gasteiger partial charge >= 0.3 is 5.88 Å². The quantitative estimate of drug-likeness (QED) is 0.608. The Morgan fingerprint density at radius 3 is 2.30 bits per heavy atom. The largest absolute Gasteiger partial charge is 0.433 e. The zero-order valence-corrected chi connectivity index (χ0v) is 14.6. The molecule has 2 amide bonds. The second-order valence-electron chi connectivity index (χ2n) is 6.87. The standard InChI is InChI=1S/C19H19N3O5/c23-18(15-12-14(15)13-4-2-1-3-5-13)20-8-10-21(11-9-20)19(24)16-6-7-17(27-16)22(25)26/h1-7,14-15H,8-12H2/t14-,15+/m0/s1. The van der Waals surface area contributed by atoms with Gasteiger partial charge in [0, 0.05) is 32.1 Å². The summed E-state index contributed by atoms with van der Waals surface area (Å²) < 4.78 is 4.97. The Hall–Kier alpha value is -3.16. The monoisotopic (exact) mass is 369 g/mol. The molecule has 0 N–H and O–H groups in total. The van der Waals surface area contributed by atoms with E-state index in [-0.39, 0.29) is 23.5 Å². The molecule has 1 saturated heterocycles. The molecule has 1 saturated carbocycles. The third kappa shape index (κ3) is 3.42. The van der Waals surface area contributed by atoms with E-state index in [4.69, 9.17) is 4.42 Å². The number of nitrogens with zero attached hydrogens (tertiary/aromatic N) is 3. The van der Waals surface area contributed by atoms with Crippen LogP contribution in [0.1, 0.15) is 28.5 Å². The van der Waals surface area contributed by atoms with Crippen LogP contribution in [0.4, 0.5) is 5.88 Å². The van der Waals surface area contributed by atoms with Crippen LogP contribution in [0.25, 0.3) is 0 Å². The van der Waals surface area contributed by atoms with E-state index in [0.717, 1.165) is 6.42 Å². The summed E-state index contributed by atoms with van der Waals surface area (Å²) in [5.41, 5.74) is 1.20. The molecule has 0 radical (unpaired) electrons. The average molecular weight is 369 g/mol. The highest BCUT2D eigenvalue weighted by molar-refractivity contribution is 5.92. The Balaban J connectivity index is 1.32. The number of hydrogen-bond acceptors (Lipinski definition) is 5. The minimum atomic E-state index is -0.674. The van der Waals surface area contributed by atoms with Gasteiger partial charge in [-0.25, -0.2) is 0 Å². The van der Waals surface area contributed by atoms with Gasteiger partial charge in [0.1, 0.15) is 4.92 Å². The van der Waals surface area contributed by atoms with Gasteiger partial charge in [-0.1, -0.05) is 30.3 Å². The molecule has 8 heteroatoms. The highest BCUT2D eigenvalue weighted by atomic mass is 16.6. The summed E-state index contributed by atoms with van der Waals surface area (Å²) in [6, 6.07) is 12.5. The van der Waals surface area contributed by atoms with Crippen LogP contribution in [0.5, 0.6) is 0 Å². The Morgan fingerprint density at radius 1 is 1.00 bits per heavy atom. The van der Waals surface area contributed by atoms with Crippen LogP contribution in [0.2, 0.25) is 0 Å². The molecule has 1 aromatic carbocycles. The van der Waals surface area contributed by atoms with Crippen LogP contribution in [0.3, 0.4) is 0 Å². The fourth-order valence-electron chi connectivity index (χ4n) is 3.60. The Bertz CT molecular complexity index is 870. The molecular formula is C19H19N3O5. The lowest BCUT2D eigenvalue weighted by molar-refractivity contribution is -0.402. The maximum Gasteiger partial charge on any atom is 0.433 e. The SMILES string of the molecule is O=C(c1ccc([N+](=O)[O-])o1)N1CCN(C(=O)[C@@H]2C[C@H]2c2ccccc2)CC1. The van der Waals surface area contributed by atoms with Gasteiger partial charge in [0.15, 0.2) is 5.76 Å². The number of piperazine rings is 1. The number of hydrogen-bond donors (Lipinski definition) is 0. The second-order valence-corrected chi connectivity index (χ2v) is 6.87. The van der Waals surface area contributed by atoms with Crippen LogP contribution in [-0.4, -0.2) is 52.7 Å². The summed E-state index contributed by atoms with van der Waals surface area (Å²) in [7, 11) is 0. The predicted molar refractivity (Wildman–Crippen MR) is 95.1 cm³/mol. The smallest absolute Gasteiger partial charge is 0.395 e. The highest BCUT2D eigenvalue weighted by Gasteiger charge is 2.46. The summed E-state index contributed by atoms with van der Waals surface area (Å²) in [5.74, 6) is -0.418. The van der Waals surface area contributed by atoms with Crippen LogP contribution in [-0.2, 0) is 4.79 Å². The van der Waals surface area contributed by atoms with E-state index in [2.05, 4.69) is 12.1 Å². The molecule has 1 aliphatic heterocycles. The minimum absolute atomic E-state index is 0.0300. The molecule has 140 valence electrons. The van der Waals surface area contributed by atoms with Crippen LogP contribution >= 0.6 is 0 Å². The van der Waals surface area contributed by atoms with Gasteiger partial charge in [-0.05, 0) is 24.0 Å². The lowest BCUT2D eigenvalue weighted by Crippen LogP contribution is -2.51. The first-order valence-electron chi connectivity index (χ1n) is 8.92. The van der Waals surface area contributed by atoms with E-state index in [9.17, 15) is 19.7 Å². The third-order valence-corrected chi connectivity index (χ3v) is 5.20. The van der Waals surface area contributed by atoms with Crippen molar-refractivity contribution in [2.45, 2.75) is 12.3 Å². The van der Waals surface area contributed by atoms with Gasteiger partial charge in [0.2, 0.25) is 5.91 Å². The number of carbonyl (C=O) groups is 2. The molecule has 1 aromatic heterocycles. The van der Waals surface area contributed by atoms with E-state index in [1.54, 1.807) is 4.90 Å². The molecule has 1 aliphatic carbocycles. The molecule has 0 unspecified atom stereocenters. The Morgan fingerprint density at radius 2 is 1.67 bits per heavy atom. The number of furan rings is 1. The fraction of sp³-hybridized carbons (Fsp3) is 0.368. The molecule has 0 spiro atoms. The van der Waals surface area contributed by atoms with Crippen molar-refractivity contribution in [1.29, 1.82) is 0 Å². The summed E-state index contributed by atoms with van der Waals surface area (Å²) in [4.78, 5) is 38.5. The average Bonchev–Trinajstić information content (AvgIpc) is 3.34. The molecular weight excluding hydrogens is 350 g/mol. The Kier molecular flexibility index (Phi) is 4.39. The van der Waals surface area contributed by atoms with Crippen molar-refractivity contribution in [2.75, 3.05) is 26.2 Å². The topological polar surface area (TPSA) is 96.9 Å². The highest BCUT2D eigenvalue weighted by Crippen LogP contribution is 2.48.